The average molecular weight is 333 g/mol. The predicted molar refractivity (Wildman–Crippen MR) is 72.3 cm³/mol. The minimum Gasteiger partial charge on any atom is -0.390 e. The van der Waals surface area contributed by atoms with Crippen LogP contribution in [-0.4, -0.2) is 44.7 Å². The van der Waals surface area contributed by atoms with Crippen LogP contribution in [-0.2, 0) is 9.09 Å². The van der Waals surface area contributed by atoms with E-state index in [1.54, 1.807) is 16.8 Å². The van der Waals surface area contributed by atoms with Crippen molar-refractivity contribution < 1.29 is 38.5 Å². The van der Waals surface area contributed by atoms with E-state index in [0.29, 0.717) is 0 Å². The lowest BCUT2D eigenvalue weighted by Gasteiger charge is -2.15. The number of carbonyl (C=O) groups excluding carboxylic acids is 1. The van der Waals surface area contributed by atoms with Gasteiger partial charge in [-0.15, -0.1) is 0 Å². The van der Waals surface area contributed by atoms with E-state index in [9.17, 15) is 19.6 Å². The van der Waals surface area contributed by atoms with Crippen molar-refractivity contribution in [2.24, 2.45) is 11.7 Å². The van der Waals surface area contributed by atoms with Crippen molar-refractivity contribution in [2.45, 2.75) is 24.7 Å². The van der Waals surface area contributed by atoms with E-state index in [1.807, 2.05) is 0 Å². The van der Waals surface area contributed by atoms with Gasteiger partial charge in [-0.3, -0.25) is 9.32 Å². The van der Waals surface area contributed by atoms with E-state index < -0.39 is 37.9 Å². The second kappa shape index (κ2) is 6.41. The number of aliphatic hydroxyl groups is 2. The first-order valence-electron chi connectivity index (χ1n) is 6.56. The number of rotatable bonds is 5. The summed E-state index contributed by atoms with van der Waals surface area (Å²) in [6, 6.07) is 2.54. The summed E-state index contributed by atoms with van der Waals surface area (Å²) in [7, 11) is -4.64. The van der Waals surface area contributed by atoms with Crippen molar-refractivity contribution in [1.29, 1.82) is 0 Å². The van der Waals surface area contributed by atoms with Crippen LogP contribution in [0.1, 0.15) is 22.8 Å². The molecule has 1 saturated carbocycles. The number of aliphatic hydroxyl groups excluding tert-OH is 2. The zero-order valence-electron chi connectivity index (χ0n) is 11.5. The summed E-state index contributed by atoms with van der Waals surface area (Å²) in [5.74, 6) is -1.26. The summed E-state index contributed by atoms with van der Waals surface area (Å²) in [5, 5.41) is 20.1. The molecule has 22 heavy (non-hydrogen) atoms. The van der Waals surface area contributed by atoms with Crippen LogP contribution in [0.25, 0.3) is 0 Å². The molecule has 10 heteroatoms. The SMILES string of the molecule is NC(=O)c1ccc[n+]([C@@H]2C[C@H](COP(=O)(O)O)[C@@H](O)[C@H]2O)c1. The highest BCUT2D eigenvalue weighted by Crippen LogP contribution is 2.40. The number of carbonyl (C=O) groups is 1. The highest BCUT2D eigenvalue weighted by atomic mass is 31.2. The number of nitrogens with zero attached hydrogens (tertiary/aromatic N) is 1. The van der Waals surface area contributed by atoms with Gasteiger partial charge in [0.05, 0.1) is 12.7 Å². The maximum Gasteiger partial charge on any atom is 0.469 e. The number of pyridine rings is 1. The number of amides is 1. The molecule has 1 aliphatic carbocycles. The van der Waals surface area contributed by atoms with E-state index in [0.717, 1.165) is 0 Å². The minimum absolute atomic E-state index is 0.231. The Morgan fingerprint density at radius 3 is 2.68 bits per heavy atom. The van der Waals surface area contributed by atoms with Gasteiger partial charge < -0.3 is 25.7 Å². The van der Waals surface area contributed by atoms with Crippen LogP contribution in [0.5, 0.6) is 0 Å². The number of phosphoric acid groups is 1. The molecule has 9 nitrogen and oxygen atoms in total. The molecule has 1 aromatic rings. The van der Waals surface area contributed by atoms with Crippen molar-refractivity contribution in [2.75, 3.05) is 6.61 Å². The van der Waals surface area contributed by atoms with Gasteiger partial charge in [-0.25, -0.2) is 4.57 Å². The van der Waals surface area contributed by atoms with Crippen LogP contribution in [0, 0.1) is 5.92 Å². The molecule has 0 bridgehead atoms. The molecular weight excluding hydrogens is 315 g/mol. The number of hydrogen-bond acceptors (Lipinski definition) is 5. The van der Waals surface area contributed by atoms with Gasteiger partial charge in [-0.2, -0.15) is 4.57 Å². The van der Waals surface area contributed by atoms with Gasteiger partial charge >= 0.3 is 7.82 Å². The zero-order chi connectivity index (χ0) is 16.5. The fourth-order valence-electron chi connectivity index (χ4n) is 2.60. The summed E-state index contributed by atoms with van der Waals surface area (Å²) in [4.78, 5) is 28.6. The van der Waals surface area contributed by atoms with Gasteiger partial charge in [0.15, 0.2) is 18.4 Å². The summed E-state index contributed by atoms with van der Waals surface area (Å²) < 4.78 is 16.7. The summed E-state index contributed by atoms with van der Waals surface area (Å²) >= 11 is 0. The van der Waals surface area contributed by atoms with E-state index in [2.05, 4.69) is 4.52 Å². The molecule has 0 radical (unpaired) electrons. The lowest BCUT2D eigenvalue weighted by atomic mass is 10.1. The van der Waals surface area contributed by atoms with Gasteiger partial charge in [0, 0.05) is 18.4 Å². The monoisotopic (exact) mass is 333 g/mol. The second-order valence-corrected chi connectivity index (χ2v) is 6.47. The van der Waals surface area contributed by atoms with Crippen LogP contribution in [0.4, 0.5) is 0 Å². The first kappa shape index (κ1) is 17.0. The number of phosphoric ester groups is 1. The van der Waals surface area contributed by atoms with Crippen LogP contribution < -0.4 is 10.3 Å². The van der Waals surface area contributed by atoms with E-state index in [-0.39, 0.29) is 18.6 Å². The topological polar surface area (TPSA) is 154 Å². The largest absolute Gasteiger partial charge is 0.469 e. The lowest BCUT2D eigenvalue weighted by Crippen LogP contribution is -2.45. The van der Waals surface area contributed by atoms with Crippen molar-refractivity contribution in [3.63, 3.8) is 0 Å². The van der Waals surface area contributed by atoms with Crippen LogP contribution in [0.2, 0.25) is 0 Å². The number of aromatic nitrogens is 1. The molecule has 1 aliphatic rings. The molecule has 0 saturated heterocycles. The molecule has 1 fully saturated rings. The third kappa shape index (κ3) is 3.89. The van der Waals surface area contributed by atoms with Crippen LogP contribution in [0.15, 0.2) is 24.5 Å². The molecular formula is C12H18N2O7P+. The quantitative estimate of drug-likeness (QED) is 0.323. The van der Waals surface area contributed by atoms with Gasteiger partial charge in [0.1, 0.15) is 11.7 Å². The molecule has 2 rings (SSSR count). The maximum atomic E-state index is 11.2. The highest BCUT2D eigenvalue weighted by Gasteiger charge is 2.47. The Hall–Kier alpha value is -1.35. The number of nitrogens with two attached hydrogens (primary N) is 1. The molecule has 4 atom stereocenters. The molecule has 0 aliphatic heterocycles. The first-order chi connectivity index (χ1) is 10.2. The van der Waals surface area contributed by atoms with Crippen molar-refractivity contribution >= 4 is 13.7 Å². The molecule has 0 unspecified atom stereocenters. The summed E-state index contributed by atoms with van der Waals surface area (Å²) in [6.07, 6.45) is 0.948. The molecule has 1 amide bonds. The van der Waals surface area contributed by atoms with E-state index >= 15 is 0 Å². The standard InChI is InChI=1S/C12H17N2O7P/c13-12(17)7-2-1-3-14(5-7)9-4-8(10(15)11(9)16)6-21-22(18,19)20/h1-3,5,8-11,15-16H,4,6H2,(H3-,13,17,18,19,20)/p+1/t8-,9-,10-,11+/m1/s1. The molecule has 122 valence electrons. The van der Waals surface area contributed by atoms with Crippen LogP contribution in [0.3, 0.4) is 0 Å². The maximum absolute atomic E-state index is 11.2. The predicted octanol–water partition coefficient (Wildman–Crippen LogP) is -1.53. The second-order valence-electron chi connectivity index (χ2n) is 5.23. The number of hydrogen-bond donors (Lipinski definition) is 5. The Kier molecular flexibility index (Phi) is 4.96. The summed E-state index contributed by atoms with van der Waals surface area (Å²) in [5.41, 5.74) is 5.44. The molecule has 1 aromatic heterocycles. The molecule has 0 spiro atoms. The minimum atomic E-state index is -4.64. The normalized spacial score (nSPS) is 28.7. The highest BCUT2D eigenvalue weighted by molar-refractivity contribution is 7.46. The fourth-order valence-corrected chi connectivity index (χ4v) is 2.98. The Balaban J connectivity index is 2.14. The smallest absolute Gasteiger partial charge is 0.390 e. The fraction of sp³-hybridized carbons (Fsp3) is 0.500. The van der Waals surface area contributed by atoms with Crippen molar-refractivity contribution in [1.82, 2.24) is 0 Å². The van der Waals surface area contributed by atoms with Gasteiger partial charge in [-0.05, 0) is 6.07 Å². The average Bonchev–Trinajstić information content (AvgIpc) is 2.72. The Morgan fingerprint density at radius 1 is 1.41 bits per heavy atom. The van der Waals surface area contributed by atoms with E-state index in [1.165, 1.54) is 12.3 Å². The lowest BCUT2D eigenvalue weighted by molar-refractivity contribution is -0.728. The van der Waals surface area contributed by atoms with Gasteiger partial charge in [0.2, 0.25) is 0 Å². The van der Waals surface area contributed by atoms with E-state index in [4.69, 9.17) is 15.5 Å². The first-order valence-corrected chi connectivity index (χ1v) is 8.09. The van der Waals surface area contributed by atoms with Gasteiger partial charge in [-0.1, -0.05) is 0 Å². The van der Waals surface area contributed by atoms with Crippen molar-refractivity contribution in [3.05, 3.63) is 30.1 Å². The van der Waals surface area contributed by atoms with Crippen LogP contribution >= 0.6 is 7.82 Å². The molecule has 0 aromatic carbocycles. The zero-order valence-corrected chi connectivity index (χ0v) is 12.4. The van der Waals surface area contributed by atoms with Crippen molar-refractivity contribution in [3.8, 4) is 0 Å². The third-order valence-corrected chi connectivity index (χ3v) is 4.20. The van der Waals surface area contributed by atoms with Gasteiger partial charge in [0.25, 0.3) is 5.91 Å². The Bertz CT molecular complexity index is 605. The third-order valence-electron chi connectivity index (χ3n) is 3.72. The molecule has 6 N–H and O–H groups in total. The number of primary amides is 1. The Morgan fingerprint density at radius 2 is 2.09 bits per heavy atom. The summed E-state index contributed by atoms with van der Waals surface area (Å²) in [6.45, 7) is -0.380. The Labute approximate surface area is 126 Å². The molecule has 1 heterocycles.